The van der Waals surface area contributed by atoms with E-state index in [1.54, 1.807) is 16.5 Å². The molecule has 9 nitrogen and oxygen atoms in total. The zero-order valence-electron chi connectivity index (χ0n) is 16.2. The number of amides is 2. The standard InChI is InChI=1S/C19H26N6O3S/c20-17(21)23-6-2-12-10-19(12,14(27)15-22-7-9-29-15)24-13(26)11-25-8-1-3-18(4-5-18)16(25)28/h7,9,12H,1-6,8,10-11H2,(H,24,26)(H4,20,21,23). The molecule has 2 atom stereocenters. The molecule has 1 saturated heterocycles. The zero-order valence-corrected chi connectivity index (χ0v) is 17.0. The first-order chi connectivity index (χ1) is 13.9. The summed E-state index contributed by atoms with van der Waals surface area (Å²) in [5, 5.41) is 5.05. The number of guanidine groups is 1. The van der Waals surface area contributed by atoms with Gasteiger partial charge in [0.15, 0.2) is 11.0 Å². The number of likely N-dealkylation sites (tertiary alicyclic amines) is 1. The minimum absolute atomic E-state index is 0.00384. The normalized spacial score (nSPS) is 26.8. The van der Waals surface area contributed by atoms with Crippen molar-refractivity contribution >= 4 is 34.9 Å². The minimum atomic E-state index is -0.982. The second-order valence-corrected chi connectivity index (χ2v) is 9.19. The molecular formula is C19H26N6O3S. The van der Waals surface area contributed by atoms with E-state index in [0.717, 1.165) is 25.7 Å². The van der Waals surface area contributed by atoms with Crippen LogP contribution in [0.15, 0.2) is 16.6 Å². The molecule has 1 spiro atoms. The summed E-state index contributed by atoms with van der Waals surface area (Å²) >= 11 is 1.26. The van der Waals surface area contributed by atoms with Crippen molar-refractivity contribution in [1.82, 2.24) is 15.2 Å². The predicted molar refractivity (Wildman–Crippen MR) is 108 cm³/mol. The van der Waals surface area contributed by atoms with E-state index in [1.807, 2.05) is 0 Å². The van der Waals surface area contributed by atoms with Crippen molar-refractivity contribution in [2.24, 2.45) is 27.8 Å². The van der Waals surface area contributed by atoms with Crippen LogP contribution >= 0.6 is 11.3 Å². The first-order valence-electron chi connectivity index (χ1n) is 9.96. The van der Waals surface area contributed by atoms with E-state index in [0.29, 0.717) is 30.9 Å². The van der Waals surface area contributed by atoms with Gasteiger partial charge in [0.25, 0.3) is 0 Å². The molecule has 3 fully saturated rings. The molecule has 1 aliphatic heterocycles. The van der Waals surface area contributed by atoms with Crippen LogP contribution < -0.4 is 16.8 Å². The summed E-state index contributed by atoms with van der Waals surface area (Å²) in [7, 11) is 0. The van der Waals surface area contributed by atoms with Gasteiger partial charge in [-0.15, -0.1) is 11.3 Å². The van der Waals surface area contributed by atoms with Crippen molar-refractivity contribution < 1.29 is 14.4 Å². The molecule has 2 heterocycles. The number of hydrogen-bond donors (Lipinski definition) is 3. The van der Waals surface area contributed by atoms with Gasteiger partial charge in [-0.3, -0.25) is 19.4 Å². The maximum atomic E-state index is 13.1. The molecule has 1 aromatic heterocycles. The summed E-state index contributed by atoms with van der Waals surface area (Å²) in [5.74, 6) is -0.453. The topological polar surface area (TPSA) is 144 Å². The molecule has 0 aromatic carbocycles. The number of piperidine rings is 1. The molecule has 2 amide bonds. The summed E-state index contributed by atoms with van der Waals surface area (Å²) in [6.45, 7) is 0.979. The first kappa shape index (κ1) is 19.8. The molecular weight excluding hydrogens is 392 g/mol. The van der Waals surface area contributed by atoms with E-state index in [4.69, 9.17) is 11.5 Å². The van der Waals surface area contributed by atoms with Gasteiger partial charge in [0, 0.05) is 30.1 Å². The van der Waals surface area contributed by atoms with Crippen LogP contribution in [0.4, 0.5) is 0 Å². The maximum absolute atomic E-state index is 13.1. The Morgan fingerprint density at radius 1 is 1.34 bits per heavy atom. The lowest BCUT2D eigenvalue weighted by molar-refractivity contribution is -0.143. The van der Waals surface area contributed by atoms with Gasteiger partial charge in [-0.2, -0.15) is 0 Å². The Kier molecular flexibility index (Phi) is 5.05. The highest BCUT2D eigenvalue weighted by Gasteiger charge is 2.61. The quantitative estimate of drug-likeness (QED) is 0.314. The lowest BCUT2D eigenvalue weighted by Gasteiger charge is -2.32. The maximum Gasteiger partial charge on any atom is 0.240 e. The van der Waals surface area contributed by atoms with Crippen LogP contribution in [0.3, 0.4) is 0 Å². The van der Waals surface area contributed by atoms with Gasteiger partial charge in [0.1, 0.15) is 5.54 Å². The highest BCUT2D eigenvalue weighted by Crippen LogP contribution is 2.53. The van der Waals surface area contributed by atoms with Gasteiger partial charge in [0.2, 0.25) is 17.6 Å². The third-order valence-corrected chi connectivity index (χ3v) is 7.06. The average molecular weight is 419 g/mol. The van der Waals surface area contributed by atoms with Crippen LogP contribution in [0.1, 0.15) is 48.3 Å². The van der Waals surface area contributed by atoms with E-state index < -0.39 is 5.54 Å². The van der Waals surface area contributed by atoms with E-state index >= 15 is 0 Å². The van der Waals surface area contributed by atoms with Gasteiger partial charge < -0.3 is 21.7 Å². The summed E-state index contributed by atoms with van der Waals surface area (Å²) in [4.78, 5) is 48.3. The zero-order chi connectivity index (χ0) is 20.6. The van der Waals surface area contributed by atoms with Gasteiger partial charge >= 0.3 is 0 Å². The van der Waals surface area contributed by atoms with Gasteiger partial charge in [-0.05, 0) is 44.4 Å². The fraction of sp³-hybridized carbons (Fsp3) is 0.632. The van der Waals surface area contributed by atoms with Crippen molar-refractivity contribution in [3.8, 4) is 0 Å². The monoisotopic (exact) mass is 418 g/mol. The fourth-order valence-electron chi connectivity index (χ4n) is 4.42. The third kappa shape index (κ3) is 3.85. The molecule has 3 aliphatic rings. The highest BCUT2D eigenvalue weighted by molar-refractivity contribution is 7.11. The molecule has 1 aromatic rings. The fourth-order valence-corrected chi connectivity index (χ4v) is 5.08. The number of carbonyl (C=O) groups is 3. The van der Waals surface area contributed by atoms with Crippen LogP contribution in [-0.4, -0.2) is 58.6 Å². The van der Waals surface area contributed by atoms with Gasteiger partial charge in [-0.1, -0.05) is 0 Å². The molecule has 0 radical (unpaired) electrons. The van der Waals surface area contributed by atoms with Crippen LogP contribution in [0.2, 0.25) is 0 Å². The van der Waals surface area contributed by atoms with Crippen molar-refractivity contribution in [2.45, 2.75) is 44.1 Å². The number of carbonyl (C=O) groups excluding carboxylic acids is 3. The summed E-state index contributed by atoms with van der Waals surface area (Å²) < 4.78 is 0. The van der Waals surface area contributed by atoms with E-state index in [2.05, 4.69) is 15.3 Å². The second-order valence-electron chi connectivity index (χ2n) is 8.29. The molecule has 29 heavy (non-hydrogen) atoms. The largest absolute Gasteiger partial charge is 0.370 e. The van der Waals surface area contributed by atoms with E-state index in [9.17, 15) is 14.4 Å². The number of ketones is 1. The molecule has 2 unspecified atom stereocenters. The number of Topliss-reactive ketones (excluding diaryl/α,β-unsaturated/α-hetero) is 1. The number of nitrogens with zero attached hydrogens (tertiary/aromatic N) is 3. The van der Waals surface area contributed by atoms with Gasteiger partial charge in [0.05, 0.1) is 6.54 Å². The number of aliphatic imine (C=N–C) groups is 1. The molecule has 0 bridgehead atoms. The minimum Gasteiger partial charge on any atom is -0.370 e. The SMILES string of the molecule is NC(N)=NCCC1CC1(NC(=O)CN1CCCC2(CC2)C1=O)C(=O)c1nccs1. The predicted octanol–water partition coefficient (Wildman–Crippen LogP) is 0.267. The Balaban J connectivity index is 1.43. The lowest BCUT2D eigenvalue weighted by atomic mass is 9.94. The molecule has 2 aliphatic carbocycles. The molecule has 5 N–H and O–H groups in total. The van der Waals surface area contributed by atoms with Crippen LogP contribution in [0.5, 0.6) is 0 Å². The Labute approximate surface area is 172 Å². The second kappa shape index (κ2) is 7.40. The number of nitrogens with one attached hydrogen (secondary N) is 1. The number of rotatable bonds is 8. The Hall–Kier alpha value is -2.49. The van der Waals surface area contributed by atoms with E-state index in [-0.39, 0.29) is 41.4 Å². The lowest BCUT2D eigenvalue weighted by Crippen LogP contribution is -2.52. The summed E-state index contributed by atoms with van der Waals surface area (Å²) in [5.41, 5.74) is 9.55. The number of hydrogen-bond acceptors (Lipinski definition) is 6. The van der Waals surface area contributed by atoms with Crippen molar-refractivity contribution in [3.63, 3.8) is 0 Å². The van der Waals surface area contributed by atoms with Crippen LogP contribution in [-0.2, 0) is 9.59 Å². The van der Waals surface area contributed by atoms with Crippen LogP contribution in [0.25, 0.3) is 0 Å². The Morgan fingerprint density at radius 3 is 2.79 bits per heavy atom. The smallest absolute Gasteiger partial charge is 0.240 e. The molecule has 156 valence electrons. The van der Waals surface area contributed by atoms with E-state index in [1.165, 1.54) is 11.3 Å². The average Bonchev–Trinajstić information content (AvgIpc) is 3.52. The molecule has 10 heteroatoms. The Morgan fingerprint density at radius 2 is 2.14 bits per heavy atom. The third-order valence-electron chi connectivity index (χ3n) is 6.28. The summed E-state index contributed by atoms with van der Waals surface area (Å²) in [6, 6.07) is 0. The summed E-state index contributed by atoms with van der Waals surface area (Å²) in [6.07, 6.45) is 6.36. The number of aromatic nitrogens is 1. The van der Waals surface area contributed by atoms with Crippen molar-refractivity contribution in [3.05, 3.63) is 16.6 Å². The van der Waals surface area contributed by atoms with Gasteiger partial charge in [-0.25, -0.2) is 4.98 Å². The highest BCUT2D eigenvalue weighted by atomic mass is 32.1. The number of nitrogens with two attached hydrogens (primary N) is 2. The van der Waals surface area contributed by atoms with Crippen LogP contribution in [0, 0.1) is 11.3 Å². The van der Waals surface area contributed by atoms with Crippen molar-refractivity contribution in [1.29, 1.82) is 0 Å². The Bertz CT molecular complexity index is 846. The molecule has 4 rings (SSSR count). The molecule has 2 saturated carbocycles. The number of thiazole rings is 1. The first-order valence-corrected chi connectivity index (χ1v) is 10.8. The van der Waals surface area contributed by atoms with Crippen molar-refractivity contribution in [2.75, 3.05) is 19.6 Å².